The van der Waals surface area contributed by atoms with Crippen LogP contribution in [0.4, 0.5) is 0 Å². The largest absolute Gasteiger partial charge is 0.467 e. The zero-order valence-electron chi connectivity index (χ0n) is 11.3. The predicted molar refractivity (Wildman–Crippen MR) is 81.9 cm³/mol. The predicted octanol–water partition coefficient (Wildman–Crippen LogP) is 2.61. The zero-order chi connectivity index (χ0) is 14.4. The first-order chi connectivity index (χ1) is 8.93. The molecule has 5 heteroatoms. The highest BCUT2D eigenvalue weighted by Gasteiger charge is 2.22. The summed E-state index contributed by atoms with van der Waals surface area (Å²) in [6.45, 7) is 3.99. The van der Waals surface area contributed by atoms with Crippen LogP contribution in [0.25, 0.3) is 0 Å². The lowest BCUT2D eigenvalue weighted by Gasteiger charge is -2.18. The van der Waals surface area contributed by atoms with Crippen LogP contribution >= 0.6 is 22.6 Å². The molecule has 0 aliphatic heterocycles. The third kappa shape index (κ3) is 5.18. The van der Waals surface area contributed by atoms with E-state index in [0.717, 1.165) is 3.57 Å². The number of carbonyl (C=O) groups excluding carboxylic acids is 2. The molecule has 0 bridgehead atoms. The summed E-state index contributed by atoms with van der Waals surface area (Å²) in [5.41, 5.74) is 0.540. The monoisotopic (exact) mass is 375 g/mol. The van der Waals surface area contributed by atoms with E-state index in [9.17, 15) is 9.59 Å². The second kappa shape index (κ2) is 7.47. The van der Waals surface area contributed by atoms with Gasteiger partial charge < -0.3 is 10.1 Å². The summed E-state index contributed by atoms with van der Waals surface area (Å²) in [5.74, 6) is -0.374. The number of hydrogen-bond acceptors (Lipinski definition) is 3. The van der Waals surface area contributed by atoms with Crippen LogP contribution in [-0.2, 0) is 9.53 Å². The fraction of sp³-hybridized carbons (Fsp3) is 0.429. The molecule has 0 heterocycles. The average Bonchev–Trinajstić information content (AvgIpc) is 2.37. The fourth-order valence-corrected chi connectivity index (χ4v) is 2.03. The molecule has 0 spiro atoms. The Morgan fingerprint density at radius 1 is 1.26 bits per heavy atom. The number of hydrogen-bond donors (Lipinski definition) is 1. The molecule has 1 rings (SSSR count). The van der Waals surface area contributed by atoms with E-state index in [1.54, 1.807) is 12.1 Å². The maximum Gasteiger partial charge on any atom is 0.328 e. The molecule has 4 nitrogen and oxygen atoms in total. The van der Waals surface area contributed by atoms with Gasteiger partial charge in [-0.05, 0) is 59.2 Å². The molecule has 0 saturated carbocycles. The van der Waals surface area contributed by atoms with Crippen molar-refractivity contribution in [1.29, 1.82) is 0 Å². The topological polar surface area (TPSA) is 55.4 Å². The average molecular weight is 375 g/mol. The smallest absolute Gasteiger partial charge is 0.328 e. The molecule has 104 valence electrons. The molecule has 0 radical (unpaired) electrons. The van der Waals surface area contributed by atoms with Crippen molar-refractivity contribution in [2.45, 2.75) is 26.3 Å². The number of nitrogens with one attached hydrogen (secondary N) is 1. The van der Waals surface area contributed by atoms with Gasteiger partial charge in [-0.2, -0.15) is 0 Å². The van der Waals surface area contributed by atoms with Crippen molar-refractivity contribution >= 4 is 34.5 Å². The normalized spacial score (nSPS) is 12.1. The first kappa shape index (κ1) is 15.9. The number of halogens is 1. The Morgan fingerprint density at radius 3 is 2.32 bits per heavy atom. The summed E-state index contributed by atoms with van der Waals surface area (Å²) >= 11 is 2.17. The third-order valence-corrected chi connectivity index (χ3v) is 3.32. The minimum Gasteiger partial charge on any atom is -0.467 e. The lowest BCUT2D eigenvalue weighted by molar-refractivity contribution is -0.143. The molecular weight excluding hydrogens is 357 g/mol. The van der Waals surface area contributed by atoms with Crippen molar-refractivity contribution in [3.8, 4) is 0 Å². The van der Waals surface area contributed by atoms with E-state index in [0.29, 0.717) is 17.9 Å². The van der Waals surface area contributed by atoms with Gasteiger partial charge in [-0.3, -0.25) is 4.79 Å². The summed E-state index contributed by atoms with van der Waals surface area (Å²) in [7, 11) is 1.33. The van der Waals surface area contributed by atoms with Gasteiger partial charge >= 0.3 is 5.97 Å². The number of amides is 1. The van der Waals surface area contributed by atoms with E-state index < -0.39 is 12.0 Å². The van der Waals surface area contributed by atoms with Crippen LogP contribution < -0.4 is 5.32 Å². The second-order valence-corrected chi connectivity index (χ2v) is 5.93. The molecule has 1 aromatic rings. The third-order valence-electron chi connectivity index (χ3n) is 2.60. The van der Waals surface area contributed by atoms with E-state index in [1.807, 2.05) is 26.0 Å². The number of benzene rings is 1. The molecule has 0 aliphatic carbocycles. The summed E-state index contributed by atoms with van der Waals surface area (Å²) in [4.78, 5) is 23.7. The molecule has 0 fully saturated rings. The van der Waals surface area contributed by atoms with E-state index in [1.165, 1.54) is 7.11 Å². The molecule has 1 unspecified atom stereocenters. The van der Waals surface area contributed by atoms with Gasteiger partial charge in [-0.15, -0.1) is 0 Å². The van der Waals surface area contributed by atoms with Crippen molar-refractivity contribution in [1.82, 2.24) is 5.32 Å². The fourth-order valence-electron chi connectivity index (χ4n) is 1.67. The molecule has 19 heavy (non-hydrogen) atoms. The first-order valence-electron chi connectivity index (χ1n) is 6.08. The van der Waals surface area contributed by atoms with Crippen molar-refractivity contribution in [2.75, 3.05) is 7.11 Å². The van der Waals surface area contributed by atoms with Crippen LogP contribution in [0.3, 0.4) is 0 Å². The van der Waals surface area contributed by atoms with Crippen molar-refractivity contribution < 1.29 is 14.3 Å². The summed E-state index contributed by atoms with van der Waals surface area (Å²) in [5, 5.41) is 2.72. The maximum atomic E-state index is 12.0. The summed E-state index contributed by atoms with van der Waals surface area (Å²) in [6, 6.07) is 6.58. The van der Waals surface area contributed by atoms with Gasteiger partial charge in [0.2, 0.25) is 0 Å². The standard InChI is InChI=1S/C14H18INO3/c1-9(2)8-12(14(18)19-3)16-13(17)10-4-6-11(15)7-5-10/h4-7,9,12H,8H2,1-3H3,(H,16,17). The van der Waals surface area contributed by atoms with Crippen LogP contribution in [-0.4, -0.2) is 25.0 Å². The lowest BCUT2D eigenvalue weighted by Crippen LogP contribution is -2.42. The molecular formula is C14H18INO3. The highest BCUT2D eigenvalue weighted by molar-refractivity contribution is 14.1. The minimum atomic E-state index is -0.600. The van der Waals surface area contributed by atoms with Crippen LogP contribution in [0, 0.1) is 9.49 Å². The van der Waals surface area contributed by atoms with E-state index in [4.69, 9.17) is 4.74 Å². The van der Waals surface area contributed by atoms with E-state index in [2.05, 4.69) is 27.9 Å². The van der Waals surface area contributed by atoms with Crippen molar-refractivity contribution in [3.63, 3.8) is 0 Å². The van der Waals surface area contributed by atoms with Gasteiger partial charge in [0, 0.05) is 9.13 Å². The summed E-state index contributed by atoms with van der Waals surface area (Å²) < 4.78 is 5.77. The number of methoxy groups -OCH3 is 1. The van der Waals surface area contributed by atoms with Crippen LogP contribution in [0.1, 0.15) is 30.6 Å². The number of ether oxygens (including phenoxy) is 1. The Labute approximate surface area is 127 Å². The lowest BCUT2D eigenvalue weighted by atomic mass is 10.0. The van der Waals surface area contributed by atoms with Crippen molar-refractivity contribution in [2.24, 2.45) is 5.92 Å². The van der Waals surface area contributed by atoms with Crippen LogP contribution in [0.5, 0.6) is 0 Å². The Kier molecular flexibility index (Phi) is 6.27. The van der Waals surface area contributed by atoms with E-state index >= 15 is 0 Å². The van der Waals surface area contributed by atoms with E-state index in [-0.39, 0.29) is 5.91 Å². The van der Waals surface area contributed by atoms with Crippen LogP contribution in [0.2, 0.25) is 0 Å². The molecule has 1 amide bonds. The minimum absolute atomic E-state index is 0.257. The number of esters is 1. The van der Waals surface area contributed by atoms with Gasteiger partial charge in [-0.1, -0.05) is 13.8 Å². The molecule has 0 saturated heterocycles. The van der Waals surface area contributed by atoms with Gasteiger partial charge in [0.25, 0.3) is 5.91 Å². The molecule has 0 aromatic heterocycles. The first-order valence-corrected chi connectivity index (χ1v) is 7.16. The van der Waals surface area contributed by atoms with Gasteiger partial charge in [0.15, 0.2) is 0 Å². The number of rotatable bonds is 5. The Morgan fingerprint density at radius 2 is 1.84 bits per heavy atom. The second-order valence-electron chi connectivity index (χ2n) is 4.69. The van der Waals surface area contributed by atoms with Crippen molar-refractivity contribution in [3.05, 3.63) is 33.4 Å². The SMILES string of the molecule is COC(=O)C(CC(C)C)NC(=O)c1ccc(I)cc1. The molecule has 1 atom stereocenters. The molecule has 1 aromatic carbocycles. The highest BCUT2D eigenvalue weighted by atomic mass is 127. The Hall–Kier alpha value is -1.11. The quantitative estimate of drug-likeness (QED) is 0.636. The number of carbonyl (C=O) groups is 2. The van der Waals surface area contributed by atoms with Gasteiger partial charge in [0.1, 0.15) is 6.04 Å². The van der Waals surface area contributed by atoms with Crippen LogP contribution in [0.15, 0.2) is 24.3 Å². The highest BCUT2D eigenvalue weighted by Crippen LogP contribution is 2.10. The Balaban J connectivity index is 2.75. The van der Waals surface area contributed by atoms with Gasteiger partial charge in [-0.25, -0.2) is 4.79 Å². The molecule has 1 N–H and O–H groups in total. The molecule has 0 aliphatic rings. The maximum absolute atomic E-state index is 12.0. The van der Waals surface area contributed by atoms with Gasteiger partial charge in [0.05, 0.1) is 7.11 Å². The Bertz CT molecular complexity index is 443. The zero-order valence-corrected chi connectivity index (χ0v) is 13.4. The summed E-state index contributed by atoms with van der Waals surface area (Å²) in [6.07, 6.45) is 0.558.